The molecule has 3 rings (SSSR count). The van der Waals surface area contributed by atoms with Gasteiger partial charge in [0.15, 0.2) is 0 Å². The van der Waals surface area contributed by atoms with Crippen LogP contribution in [0.5, 0.6) is 5.75 Å². The van der Waals surface area contributed by atoms with Gasteiger partial charge in [0.2, 0.25) is 0 Å². The monoisotopic (exact) mass is 351 g/mol. The number of nitrogens with one attached hydrogen (secondary N) is 1. The van der Waals surface area contributed by atoms with Crippen LogP contribution in [0, 0.1) is 0 Å². The summed E-state index contributed by atoms with van der Waals surface area (Å²) in [5, 5.41) is 31.8. The first-order valence-electron chi connectivity index (χ1n) is 7.50. The number of aromatic hydroxyl groups is 1. The smallest absolute Gasteiger partial charge is 0.337 e. The van der Waals surface area contributed by atoms with Gasteiger partial charge in [0, 0.05) is 5.56 Å². The molecule has 130 valence electrons. The number of carboxylic acids is 2. The Hall–Kier alpha value is -3.87. The molecule has 0 aromatic heterocycles. The molecule has 0 atom stereocenters. The third kappa shape index (κ3) is 3.18. The molecule has 26 heavy (non-hydrogen) atoms. The topological polar surface area (TPSA) is 124 Å². The Balaban J connectivity index is 1.95. The molecule has 0 heterocycles. The number of fused-ring (bicyclic) bond motifs is 1. The van der Waals surface area contributed by atoms with Crippen LogP contribution in [0.3, 0.4) is 0 Å². The van der Waals surface area contributed by atoms with E-state index in [0.29, 0.717) is 10.8 Å². The molecule has 1 amide bonds. The van der Waals surface area contributed by atoms with E-state index in [1.54, 1.807) is 18.2 Å². The van der Waals surface area contributed by atoms with Gasteiger partial charge in [-0.2, -0.15) is 0 Å². The van der Waals surface area contributed by atoms with Crippen molar-refractivity contribution >= 4 is 34.3 Å². The molecular formula is C19H13NO6. The van der Waals surface area contributed by atoms with Crippen LogP contribution in [0.25, 0.3) is 10.8 Å². The number of para-hydroxylation sites is 1. The molecule has 4 N–H and O–H groups in total. The summed E-state index contributed by atoms with van der Waals surface area (Å²) in [4.78, 5) is 34.7. The van der Waals surface area contributed by atoms with Crippen LogP contribution in [-0.4, -0.2) is 33.2 Å². The lowest BCUT2D eigenvalue weighted by atomic mass is 10.0. The second kappa shape index (κ2) is 6.56. The Bertz CT molecular complexity index is 1060. The van der Waals surface area contributed by atoms with E-state index in [0.717, 1.165) is 0 Å². The van der Waals surface area contributed by atoms with Crippen molar-refractivity contribution in [2.45, 2.75) is 0 Å². The number of hydrogen-bond donors (Lipinski definition) is 4. The van der Waals surface area contributed by atoms with Crippen molar-refractivity contribution in [2.75, 3.05) is 5.32 Å². The fourth-order valence-electron chi connectivity index (χ4n) is 2.56. The maximum atomic E-state index is 12.5. The number of carbonyl (C=O) groups is 3. The Morgan fingerprint density at radius 3 is 2.00 bits per heavy atom. The van der Waals surface area contributed by atoms with Gasteiger partial charge in [-0.1, -0.05) is 18.2 Å². The van der Waals surface area contributed by atoms with E-state index in [4.69, 9.17) is 5.11 Å². The average Bonchev–Trinajstić information content (AvgIpc) is 2.62. The van der Waals surface area contributed by atoms with Crippen LogP contribution in [0.4, 0.5) is 5.69 Å². The van der Waals surface area contributed by atoms with Gasteiger partial charge in [-0.15, -0.1) is 0 Å². The van der Waals surface area contributed by atoms with Crippen molar-refractivity contribution in [3.63, 3.8) is 0 Å². The summed E-state index contributed by atoms with van der Waals surface area (Å²) in [5.41, 5.74) is -0.0493. The lowest BCUT2D eigenvalue weighted by Gasteiger charge is -2.11. The van der Waals surface area contributed by atoms with Gasteiger partial charge in [0.1, 0.15) is 5.75 Å². The number of anilines is 1. The lowest BCUT2D eigenvalue weighted by Crippen LogP contribution is -2.15. The van der Waals surface area contributed by atoms with Crippen molar-refractivity contribution in [2.24, 2.45) is 0 Å². The van der Waals surface area contributed by atoms with Crippen LogP contribution in [-0.2, 0) is 0 Å². The zero-order valence-corrected chi connectivity index (χ0v) is 13.3. The first-order chi connectivity index (χ1) is 12.4. The summed E-state index contributed by atoms with van der Waals surface area (Å²) in [6.45, 7) is 0. The van der Waals surface area contributed by atoms with Gasteiger partial charge in [0.25, 0.3) is 5.91 Å². The van der Waals surface area contributed by atoms with Crippen molar-refractivity contribution in [1.29, 1.82) is 0 Å². The van der Waals surface area contributed by atoms with Crippen LogP contribution in [0.2, 0.25) is 0 Å². The summed E-state index contributed by atoms with van der Waals surface area (Å²) < 4.78 is 0. The molecular weight excluding hydrogens is 338 g/mol. The van der Waals surface area contributed by atoms with Crippen LogP contribution in [0.15, 0.2) is 54.6 Å². The lowest BCUT2D eigenvalue weighted by molar-refractivity contribution is 0.0686. The highest BCUT2D eigenvalue weighted by Gasteiger charge is 2.17. The third-order valence-corrected chi connectivity index (χ3v) is 3.86. The minimum absolute atomic E-state index is 0.134. The second-order valence-electron chi connectivity index (χ2n) is 5.54. The number of rotatable bonds is 4. The highest BCUT2D eigenvalue weighted by atomic mass is 16.4. The van der Waals surface area contributed by atoms with Gasteiger partial charge in [-0.3, -0.25) is 4.79 Å². The summed E-state index contributed by atoms with van der Waals surface area (Å²) in [7, 11) is 0. The van der Waals surface area contributed by atoms with E-state index < -0.39 is 17.8 Å². The van der Waals surface area contributed by atoms with Crippen molar-refractivity contribution in [1.82, 2.24) is 0 Å². The molecule has 0 aliphatic carbocycles. The molecule has 0 bridgehead atoms. The van der Waals surface area contributed by atoms with Gasteiger partial charge in [-0.05, 0) is 47.2 Å². The van der Waals surface area contributed by atoms with Crippen LogP contribution >= 0.6 is 0 Å². The van der Waals surface area contributed by atoms with Crippen LogP contribution in [0.1, 0.15) is 31.1 Å². The molecule has 3 aromatic carbocycles. The van der Waals surface area contributed by atoms with Gasteiger partial charge in [-0.25, -0.2) is 9.59 Å². The maximum absolute atomic E-state index is 12.5. The Labute approximate surface area is 147 Å². The number of phenolic OH excluding ortho intramolecular Hbond substituents is 1. The largest absolute Gasteiger partial charge is 0.506 e. The van der Waals surface area contributed by atoms with Gasteiger partial charge < -0.3 is 20.6 Å². The summed E-state index contributed by atoms with van der Waals surface area (Å²) in [6, 6.07) is 13.0. The molecule has 0 saturated heterocycles. The molecule has 7 heteroatoms. The molecule has 0 fully saturated rings. The highest BCUT2D eigenvalue weighted by molar-refractivity contribution is 6.10. The minimum Gasteiger partial charge on any atom is -0.506 e. The molecule has 7 nitrogen and oxygen atoms in total. The Morgan fingerprint density at radius 2 is 1.38 bits per heavy atom. The predicted octanol–water partition coefficient (Wildman–Crippen LogP) is 3.19. The number of hydrogen-bond acceptors (Lipinski definition) is 4. The Morgan fingerprint density at radius 1 is 0.769 bits per heavy atom. The molecule has 0 unspecified atom stereocenters. The standard InChI is InChI=1S/C19H13NO6/c21-15-3-1-2-14(19(25)26)16(15)20-17(22)12-6-4-11-9-13(18(23)24)7-5-10(11)8-12/h1-9,21H,(H,20,22)(H,23,24)(H,25,26). The predicted molar refractivity (Wildman–Crippen MR) is 93.9 cm³/mol. The zero-order chi connectivity index (χ0) is 18.8. The molecule has 0 aliphatic rings. The quantitative estimate of drug-likeness (QED) is 0.535. The third-order valence-electron chi connectivity index (χ3n) is 3.86. The summed E-state index contributed by atoms with van der Waals surface area (Å²) in [5.74, 6) is -3.28. The molecule has 0 saturated carbocycles. The van der Waals surface area contributed by atoms with Gasteiger partial charge in [0.05, 0.1) is 16.8 Å². The van der Waals surface area contributed by atoms with E-state index >= 15 is 0 Å². The van der Waals surface area contributed by atoms with Crippen molar-refractivity contribution < 1.29 is 29.7 Å². The Kier molecular flexibility index (Phi) is 4.28. The normalized spacial score (nSPS) is 10.5. The molecule has 0 radical (unpaired) electrons. The second-order valence-corrected chi connectivity index (χ2v) is 5.54. The highest BCUT2D eigenvalue weighted by Crippen LogP contribution is 2.28. The van der Waals surface area contributed by atoms with E-state index in [2.05, 4.69) is 5.32 Å². The van der Waals surface area contributed by atoms with Crippen molar-refractivity contribution in [3.8, 4) is 5.75 Å². The first kappa shape index (κ1) is 17.0. The number of carboxylic acid groups (broad SMARTS) is 2. The molecule has 0 spiro atoms. The fraction of sp³-hybridized carbons (Fsp3) is 0. The number of aromatic carboxylic acids is 2. The van der Waals surface area contributed by atoms with E-state index in [1.165, 1.54) is 36.4 Å². The first-order valence-corrected chi connectivity index (χ1v) is 7.50. The number of phenols is 1. The molecule has 0 aliphatic heterocycles. The zero-order valence-electron chi connectivity index (χ0n) is 13.3. The van der Waals surface area contributed by atoms with Gasteiger partial charge >= 0.3 is 11.9 Å². The van der Waals surface area contributed by atoms with Crippen molar-refractivity contribution in [3.05, 3.63) is 71.3 Å². The SMILES string of the molecule is O=C(O)c1ccc2cc(C(=O)Nc3c(O)cccc3C(=O)O)ccc2c1. The number of amides is 1. The van der Waals surface area contributed by atoms with Crippen LogP contribution < -0.4 is 5.32 Å². The average molecular weight is 351 g/mol. The minimum atomic E-state index is -1.28. The van der Waals surface area contributed by atoms with E-state index in [1.807, 2.05) is 0 Å². The number of carbonyl (C=O) groups excluding carboxylic acids is 1. The number of benzene rings is 3. The van der Waals surface area contributed by atoms with E-state index in [-0.39, 0.29) is 28.1 Å². The fourth-order valence-corrected chi connectivity index (χ4v) is 2.56. The maximum Gasteiger partial charge on any atom is 0.337 e. The summed E-state index contributed by atoms with van der Waals surface area (Å²) in [6.07, 6.45) is 0. The molecule has 3 aromatic rings. The van der Waals surface area contributed by atoms with E-state index in [9.17, 15) is 24.6 Å². The summed E-state index contributed by atoms with van der Waals surface area (Å²) >= 11 is 0.